The highest BCUT2D eigenvalue weighted by molar-refractivity contribution is 5.90. The van der Waals surface area contributed by atoms with Crippen LogP contribution in [-0.2, 0) is 9.53 Å². The molecule has 108 valence electrons. The highest BCUT2D eigenvalue weighted by Crippen LogP contribution is 2.14. The van der Waals surface area contributed by atoms with E-state index in [1.807, 2.05) is 19.9 Å². The Kier molecular flexibility index (Phi) is 6.20. The van der Waals surface area contributed by atoms with Gasteiger partial charge >= 0.3 is 0 Å². The lowest BCUT2D eigenvalue weighted by molar-refractivity contribution is -0.117. The first-order valence-corrected chi connectivity index (χ1v) is 6.91. The lowest BCUT2D eigenvalue weighted by atomic mass is 10.1. The molecule has 1 aromatic carbocycles. The van der Waals surface area contributed by atoms with Crippen LogP contribution in [0.2, 0.25) is 0 Å². The minimum Gasteiger partial charge on any atom is -0.376 e. The molecule has 0 radical (unpaired) electrons. The summed E-state index contributed by atoms with van der Waals surface area (Å²) in [4.78, 5) is 11.8. The van der Waals surface area contributed by atoms with Gasteiger partial charge in [-0.1, -0.05) is 13.0 Å². The number of ether oxygens (including phenoxy) is 1. The number of carbonyl (C=O) groups excluding carboxylic acids is 1. The van der Waals surface area contributed by atoms with Gasteiger partial charge in [-0.05, 0) is 44.9 Å². The maximum absolute atomic E-state index is 11.8. The first-order valence-electron chi connectivity index (χ1n) is 6.91. The number of nitriles is 1. The number of nitrogens with zero attached hydrogens (tertiary/aromatic N) is 1. The van der Waals surface area contributed by atoms with Crippen LogP contribution >= 0.6 is 0 Å². The maximum atomic E-state index is 11.8. The fourth-order valence-electron chi connectivity index (χ4n) is 1.57. The lowest BCUT2D eigenvalue weighted by Gasteiger charge is -2.23. The molecule has 0 atom stereocenters. The third-order valence-corrected chi connectivity index (χ3v) is 3.17. The van der Waals surface area contributed by atoms with Crippen molar-refractivity contribution in [3.05, 3.63) is 29.8 Å². The fraction of sp³-hybridized carbons (Fsp3) is 0.500. The molecule has 0 aromatic heterocycles. The van der Waals surface area contributed by atoms with Gasteiger partial charge in [0.15, 0.2) is 0 Å². The number of nitrogens with one attached hydrogen (secondary N) is 1. The molecule has 20 heavy (non-hydrogen) atoms. The average Bonchev–Trinajstić information content (AvgIpc) is 2.44. The third kappa shape index (κ3) is 5.85. The molecule has 0 aliphatic heterocycles. The van der Waals surface area contributed by atoms with Gasteiger partial charge in [-0.15, -0.1) is 0 Å². The van der Waals surface area contributed by atoms with Crippen molar-refractivity contribution < 1.29 is 9.53 Å². The number of hydrogen-bond acceptors (Lipinski definition) is 3. The number of anilines is 1. The quantitative estimate of drug-likeness (QED) is 0.774. The number of carbonyl (C=O) groups is 1. The molecule has 0 unspecified atom stereocenters. The second-order valence-corrected chi connectivity index (χ2v) is 5.31. The third-order valence-electron chi connectivity index (χ3n) is 3.17. The summed E-state index contributed by atoms with van der Waals surface area (Å²) in [5.41, 5.74) is 1.07. The van der Waals surface area contributed by atoms with Crippen LogP contribution in [0.3, 0.4) is 0 Å². The number of amides is 1. The Labute approximate surface area is 120 Å². The fourth-order valence-corrected chi connectivity index (χ4v) is 1.57. The summed E-state index contributed by atoms with van der Waals surface area (Å²) in [5, 5.41) is 11.6. The largest absolute Gasteiger partial charge is 0.376 e. The minimum atomic E-state index is -0.127. The van der Waals surface area contributed by atoms with E-state index in [4.69, 9.17) is 10.00 Å². The van der Waals surface area contributed by atoms with Crippen molar-refractivity contribution in [3.8, 4) is 6.07 Å². The second-order valence-electron chi connectivity index (χ2n) is 5.31. The summed E-state index contributed by atoms with van der Waals surface area (Å²) in [7, 11) is 0. The molecule has 0 aliphatic rings. The molecular formula is C16H22N2O2. The maximum Gasteiger partial charge on any atom is 0.224 e. The van der Waals surface area contributed by atoms with E-state index >= 15 is 0 Å². The normalized spacial score (nSPS) is 10.9. The van der Waals surface area contributed by atoms with Gasteiger partial charge in [0.2, 0.25) is 5.91 Å². The van der Waals surface area contributed by atoms with E-state index in [9.17, 15) is 4.79 Å². The first kappa shape index (κ1) is 16.2. The van der Waals surface area contributed by atoms with Gasteiger partial charge in [0, 0.05) is 18.7 Å². The van der Waals surface area contributed by atoms with Crippen molar-refractivity contribution >= 4 is 11.6 Å². The zero-order valence-corrected chi connectivity index (χ0v) is 12.4. The monoisotopic (exact) mass is 274 g/mol. The predicted octanol–water partition coefficient (Wildman–Crippen LogP) is 3.48. The molecule has 4 nitrogen and oxygen atoms in total. The Morgan fingerprint density at radius 1 is 1.45 bits per heavy atom. The van der Waals surface area contributed by atoms with Crippen LogP contribution in [0.25, 0.3) is 0 Å². The zero-order chi connectivity index (χ0) is 15.0. The molecule has 4 heteroatoms. The Morgan fingerprint density at radius 2 is 2.20 bits per heavy atom. The van der Waals surface area contributed by atoms with E-state index in [-0.39, 0.29) is 11.5 Å². The first-order chi connectivity index (χ1) is 9.46. The molecule has 1 amide bonds. The molecule has 0 spiro atoms. The molecule has 1 aromatic rings. The van der Waals surface area contributed by atoms with Gasteiger partial charge in [-0.3, -0.25) is 4.79 Å². The summed E-state index contributed by atoms with van der Waals surface area (Å²) in [6.07, 6.45) is 2.05. The van der Waals surface area contributed by atoms with Crippen molar-refractivity contribution in [3.63, 3.8) is 0 Å². The summed E-state index contributed by atoms with van der Waals surface area (Å²) < 4.78 is 5.69. The highest BCUT2D eigenvalue weighted by Gasteiger charge is 2.14. The van der Waals surface area contributed by atoms with Crippen LogP contribution in [0.4, 0.5) is 5.69 Å². The van der Waals surface area contributed by atoms with E-state index in [1.165, 1.54) is 0 Å². The van der Waals surface area contributed by atoms with Gasteiger partial charge < -0.3 is 10.1 Å². The standard InChI is InChI=1S/C16H22N2O2/c1-4-16(2,3)20-10-6-9-15(19)18-14-8-5-7-13(11-14)12-17/h5,7-8,11H,4,6,9-10H2,1-3H3,(H,18,19). The molecule has 0 aliphatic carbocycles. The number of benzene rings is 1. The van der Waals surface area contributed by atoms with E-state index in [0.717, 1.165) is 6.42 Å². The average molecular weight is 274 g/mol. The summed E-state index contributed by atoms with van der Waals surface area (Å²) >= 11 is 0. The van der Waals surface area contributed by atoms with Gasteiger partial charge in [0.05, 0.1) is 17.2 Å². The summed E-state index contributed by atoms with van der Waals surface area (Å²) in [6, 6.07) is 8.93. The second kappa shape index (κ2) is 7.66. The zero-order valence-electron chi connectivity index (χ0n) is 12.4. The SMILES string of the molecule is CCC(C)(C)OCCCC(=O)Nc1cccc(C#N)c1. The molecule has 0 heterocycles. The topological polar surface area (TPSA) is 62.1 Å². The van der Waals surface area contributed by atoms with E-state index < -0.39 is 0 Å². The van der Waals surface area contributed by atoms with Crippen LogP contribution in [-0.4, -0.2) is 18.1 Å². The van der Waals surface area contributed by atoms with Crippen molar-refractivity contribution in [2.45, 2.75) is 45.6 Å². The van der Waals surface area contributed by atoms with Crippen LogP contribution in [0.15, 0.2) is 24.3 Å². The molecule has 0 saturated heterocycles. The van der Waals surface area contributed by atoms with Crippen molar-refractivity contribution in [1.82, 2.24) is 0 Å². The highest BCUT2D eigenvalue weighted by atomic mass is 16.5. The van der Waals surface area contributed by atoms with Gasteiger partial charge in [0.1, 0.15) is 0 Å². The van der Waals surface area contributed by atoms with Crippen LogP contribution in [0, 0.1) is 11.3 Å². The Bertz CT molecular complexity index is 489. The van der Waals surface area contributed by atoms with Crippen LogP contribution in [0.1, 0.15) is 45.6 Å². The number of rotatable bonds is 7. The van der Waals surface area contributed by atoms with Gasteiger partial charge in [-0.2, -0.15) is 5.26 Å². The van der Waals surface area contributed by atoms with E-state index in [1.54, 1.807) is 24.3 Å². The van der Waals surface area contributed by atoms with Crippen molar-refractivity contribution in [2.75, 3.05) is 11.9 Å². The Hall–Kier alpha value is -1.86. The lowest BCUT2D eigenvalue weighted by Crippen LogP contribution is -2.24. The predicted molar refractivity (Wildman–Crippen MR) is 79.3 cm³/mol. The van der Waals surface area contributed by atoms with Crippen molar-refractivity contribution in [1.29, 1.82) is 5.26 Å². The van der Waals surface area contributed by atoms with E-state index in [0.29, 0.717) is 30.7 Å². The summed E-state index contributed by atoms with van der Waals surface area (Å²) in [6.45, 7) is 6.74. The summed E-state index contributed by atoms with van der Waals surface area (Å²) in [5.74, 6) is -0.0574. The molecule has 0 bridgehead atoms. The Balaban J connectivity index is 2.32. The molecule has 1 N–H and O–H groups in total. The molecular weight excluding hydrogens is 252 g/mol. The smallest absolute Gasteiger partial charge is 0.224 e. The van der Waals surface area contributed by atoms with Crippen molar-refractivity contribution in [2.24, 2.45) is 0 Å². The van der Waals surface area contributed by atoms with Crippen LogP contribution < -0.4 is 5.32 Å². The van der Waals surface area contributed by atoms with Gasteiger partial charge in [-0.25, -0.2) is 0 Å². The van der Waals surface area contributed by atoms with E-state index in [2.05, 4.69) is 12.2 Å². The van der Waals surface area contributed by atoms with Gasteiger partial charge in [0.25, 0.3) is 0 Å². The molecule has 1 rings (SSSR count). The minimum absolute atomic E-state index is 0.0574. The van der Waals surface area contributed by atoms with Crippen LogP contribution in [0.5, 0.6) is 0 Å². The number of hydrogen-bond donors (Lipinski definition) is 1. The molecule has 0 fully saturated rings. The molecule has 0 saturated carbocycles. The Morgan fingerprint density at radius 3 is 2.85 bits per heavy atom.